The second kappa shape index (κ2) is 4.99. The maximum atomic E-state index is 12.0. The lowest BCUT2D eigenvalue weighted by Gasteiger charge is -2.37. The van der Waals surface area contributed by atoms with E-state index in [9.17, 15) is 4.79 Å². The molecule has 1 aromatic rings. The molecule has 2 aliphatic heterocycles. The van der Waals surface area contributed by atoms with Gasteiger partial charge in [0.05, 0.1) is 5.60 Å². The standard InChI is InChI=1S/C13H18N2O2S/c16-12(10-2-6-18-8-10)15-11-1-5-17-13(7-11)3-4-14-9-13/h2,6,8,11,14H,1,3-5,7,9H2,(H,15,16)/t11-,13+/m0/s1. The Morgan fingerprint density at radius 3 is 3.28 bits per heavy atom. The van der Waals surface area contributed by atoms with Crippen molar-refractivity contribution < 1.29 is 9.53 Å². The highest BCUT2D eigenvalue weighted by Crippen LogP contribution is 2.30. The summed E-state index contributed by atoms with van der Waals surface area (Å²) in [6.45, 7) is 2.68. The Labute approximate surface area is 111 Å². The van der Waals surface area contributed by atoms with Crippen molar-refractivity contribution in [3.63, 3.8) is 0 Å². The number of hydrogen-bond donors (Lipinski definition) is 2. The molecule has 2 saturated heterocycles. The maximum Gasteiger partial charge on any atom is 0.252 e. The van der Waals surface area contributed by atoms with Crippen molar-refractivity contribution in [3.8, 4) is 0 Å². The Balaban J connectivity index is 1.61. The first kappa shape index (κ1) is 12.1. The molecule has 4 nitrogen and oxygen atoms in total. The highest BCUT2D eigenvalue weighted by atomic mass is 32.1. The van der Waals surface area contributed by atoms with E-state index in [1.165, 1.54) is 0 Å². The molecule has 1 spiro atoms. The number of nitrogens with one attached hydrogen (secondary N) is 2. The summed E-state index contributed by atoms with van der Waals surface area (Å²) >= 11 is 1.55. The fourth-order valence-electron chi connectivity index (χ4n) is 2.83. The van der Waals surface area contributed by atoms with Gasteiger partial charge in [0.1, 0.15) is 0 Å². The van der Waals surface area contributed by atoms with Crippen molar-refractivity contribution >= 4 is 17.2 Å². The fourth-order valence-corrected chi connectivity index (χ4v) is 3.47. The van der Waals surface area contributed by atoms with Crippen LogP contribution in [0, 0.1) is 0 Å². The molecule has 2 atom stereocenters. The largest absolute Gasteiger partial charge is 0.373 e. The SMILES string of the molecule is O=C(N[C@H]1CCO[C@]2(CCNC2)C1)c1ccsc1. The number of hydrogen-bond acceptors (Lipinski definition) is 4. The molecule has 0 aliphatic carbocycles. The Kier molecular flexibility index (Phi) is 3.37. The van der Waals surface area contributed by atoms with Gasteiger partial charge < -0.3 is 15.4 Å². The van der Waals surface area contributed by atoms with Crippen molar-refractivity contribution in [3.05, 3.63) is 22.4 Å². The second-order valence-electron chi connectivity index (χ2n) is 5.13. The van der Waals surface area contributed by atoms with Crippen LogP contribution in [0.15, 0.2) is 16.8 Å². The third kappa shape index (κ3) is 2.43. The zero-order chi connectivity index (χ0) is 12.4. The lowest BCUT2D eigenvalue weighted by molar-refractivity contribution is -0.0732. The van der Waals surface area contributed by atoms with E-state index in [0.29, 0.717) is 0 Å². The summed E-state index contributed by atoms with van der Waals surface area (Å²) in [7, 11) is 0. The van der Waals surface area contributed by atoms with Crippen LogP contribution in [0.25, 0.3) is 0 Å². The summed E-state index contributed by atoms with van der Waals surface area (Å²) in [6.07, 6.45) is 2.89. The molecule has 0 bridgehead atoms. The van der Waals surface area contributed by atoms with E-state index in [1.54, 1.807) is 11.3 Å². The molecule has 0 radical (unpaired) electrons. The number of thiophene rings is 1. The second-order valence-corrected chi connectivity index (χ2v) is 5.91. The first-order valence-corrected chi connectivity index (χ1v) is 7.39. The lowest BCUT2D eigenvalue weighted by atomic mass is 9.89. The fraction of sp³-hybridized carbons (Fsp3) is 0.615. The molecule has 98 valence electrons. The average molecular weight is 266 g/mol. The molecule has 0 aromatic carbocycles. The van der Waals surface area contributed by atoms with Gasteiger partial charge in [-0.2, -0.15) is 11.3 Å². The van der Waals surface area contributed by atoms with Gasteiger partial charge in [0.2, 0.25) is 0 Å². The molecule has 1 amide bonds. The van der Waals surface area contributed by atoms with Gasteiger partial charge in [-0.1, -0.05) is 0 Å². The van der Waals surface area contributed by atoms with Gasteiger partial charge in [-0.05, 0) is 37.3 Å². The predicted molar refractivity (Wildman–Crippen MR) is 71.0 cm³/mol. The Hall–Kier alpha value is -0.910. The summed E-state index contributed by atoms with van der Waals surface area (Å²) in [5, 5.41) is 10.3. The molecular formula is C13H18N2O2S. The molecule has 2 N–H and O–H groups in total. The third-order valence-corrected chi connectivity index (χ3v) is 4.50. The van der Waals surface area contributed by atoms with Gasteiger partial charge in [0.25, 0.3) is 5.91 Å². The van der Waals surface area contributed by atoms with Crippen LogP contribution in [0.3, 0.4) is 0 Å². The van der Waals surface area contributed by atoms with Gasteiger partial charge in [-0.3, -0.25) is 4.79 Å². The highest BCUT2D eigenvalue weighted by molar-refractivity contribution is 7.08. The first-order valence-electron chi connectivity index (χ1n) is 6.45. The highest BCUT2D eigenvalue weighted by Gasteiger charge is 2.40. The van der Waals surface area contributed by atoms with Crippen LogP contribution in [0.4, 0.5) is 0 Å². The van der Waals surface area contributed by atoms with Crippen molar-refractivity contribution in [2.75, 3.05) is 19.7 Å². The van der Waals surface area contributed by atoms with Crippen LogP contribution in [-0.4, -0.2) is 37.2 Å². The smallest absolute Gasteiger partial charge is 0.252 e. The van der Waals surface area contributed by atoms with Crippen LogP contribution in [0.2, 0.25) is 0 Å². The van der Waals surface area contributed by atoms with Crippen molar-refractivity contribution in [2.45, 2.75) is 30.9 Å². The van der Waals surface area contributed by atoms with Gasteiger partial charge in [-0.15, -0.1) is 0 Å². The normalized spacial score (nSPS) is 31.7. The number of carbonyl (C=O) groups is 1. The minimum Gasteiger partial charge on any atom is -0.373 e. The van der Waals surface area contributed by atoms with E-state index < -0.39 is 0 Å². The molecule has 3 heterocycles. The maximum absolute atomic E-state index is 12.0. The summed E-state index contributed by atoms with van der Waals surface area (Å²) in [6, 6.07) is 2.11. The molecular weight excluding hydrogens is 248 g/mol. The van der Waals surface area contributed by atoms with Crippen LogP contribution in [0.5, 0.6) is 0 Å². The first-order chi connectivity index (χ1) is 8.77. The quantitative estimate of drug-likeness (QED) is 0.850. The van der Waals surface area contributed by atoms with E-state index in [1.807, 2.05) is 16.8 Å². The minimum atomic E-state index is -0.0369. The van der Waals surface area contributed by atoms with E-state index in [-0.39, 0.29) is 17.6 Å². The molecule has 2 aliphatic rings. The number of carbonyl (C=O) groups excluding carboxylic acids is 1. The molecule has 1 aromatic heterocycles. The third-order valence-electron chi connectivity index (χ3n) is 3.82. The summed E-state index contributed by atoms with van der Waals surface area (Å²) in [4.78, 5) is 12.0. The molecule has 18 heavy (non-hydrogen) atoms. The molecule has 2 fully saturated rings. The van der Waals surface area contributed by atoms with Gasteiger partial charge in [0.15, 0.2) is 0 Å². The van der Waals surface area contributed by atoms with E-state index in [0.717, 1.165) is 44.5 Å². The Morgan fingerprint density at radius 1 is 1.61 bits per heavy atom. The topological polar surface area (TPSA) is 50.4 Å². The summed E-state index contributed by atoms with van der Waals surface area (Å²) < 4.78 is 5.92. The minimum absolute atomic E-state index is 0.0369. The zero-order valence-corrected chi connectivity index (χ0v) is 11.1. The summed E-state index contributed by atoms with van der Waals surface area (Å²) in [5.41, 5.74) is 0.732. The number of amides is 1. The van der Waals surface area contributed by atoms with Gasteiger partial charge in [-0.25, -0.2) is 0 Å². The van der Waals surface area contributed by atoms with Crippen molar-refractivity contribution in [1.82, 2.24) is 10.6 Å². The molecule has 5 heteroatoms. The van der Waals surface area contributed by atoms with Crippen molar-refractivity contribution in [1.29, 1.82) is 0 Å². The van der Waals surface area contributed by atoms with Crippen molar-refractivity contribution in [2.24, 2.45) is 0 Å². The van der Waals surface area contributed by atoms with Crippen LogP contribution < -0.4 is 10.6 Å². The zero-order valence-electron chi connectivity index (χ0n) is 10.3. The lowest BCUT2D eigenvalue weighted by Crippen LogP contribution is -2.49. The van der Waals surface area contributed by atoms with E-state index >= 15 is 0 Å². The Morgan fingerprint density at radius 2 is 2.56 bits per heavy atom. The predicted octanol–water partition coefficient (Wildman–Crippen LogP) is 1.39. The Bertz CT molecular complexity index is 413. The molecule has 3 rings (SSSR count). The van der Waals surface area contributed by atoms with Crippen LogP contribution in [0.1, 0.15) is 29.6 Å². The van der Waals surface area contributed by atoms with E-state index in [2.05, 4.69) is 10.6 Å². The van der Waals surface area contributed by atoms with Gasteiger partial charge >= 0.3 is 0 Å². The monoisotopic (exact) mass is 266 g/mol. The number of ether oxygens (including phenoxy) is 1. The van der Waals surface area contributed by atoms with E-state index in [4.69, 9.17) is 4.74 Å². The molecule has 0 saturated carbocycles. The number of rotatable bonds is 2. The summed E-state index contributed by atoms with van der Waals surface area (Å²) in [5.74, 6) is 0.0456. The average Bonchev–Trinajstić information content (AvgIpc) is 3.01. The van der Waals surface area contributed by atoms with Crippen LogP contribution >= 0.6 is 11.3 Å². The molecule has 0 unspecified atom stereocenters. The van der Waals surface area contributed by atoms with Crippen LogP contribution in [-0.2, 0) is 4.74 Å². The van der Waals surface area contributed by atoms with Gasteiger partial charge in [0, 0.05) is 30.1 Å².